The molecule has 0 bridgehead atoms. The summed E-state index contributed by atoms with van der Waals surface area (Å²) in [6.07, 6.45) is 2.81. The van der Waals surface area contributed by atoms with E-state index in [4.69, 9.17) is 9.47 Å². The SMILES string of the molecule is Cc1ccc(-c2c(NS(=O)(=O)c3ccc(C(C)(C)C)cc3)ncnc2OCCOc2ncccc2NC(=O)C(C)(C)C)cc1. The van der Waals surface area contributed by atoms with Crippen molar-refractivity contribution in [3.05, 3.63) is 84.3 Å². The highest BCUT2D eigenvalue weighted by Crippen LogP contribution is 2.35. The van der Waals surface area contributed by atoms with E-state index in [0.29, 0.717) is 16.8 Å². The van der Waals surface area contributed by atoms with Crippen LogP contribution in [-0.2, 0) is 20.2 Å². The number of hydrogen-bond acceptors (Lipinski definition) is 8. The molecule has 0 saturated heterocycles. The summed E-state index contributed by atoms with van der Waals surface area (Å²) in [6.45, 7) is 13.7. The number of nitrogens with one attached hydrogen (secondary N) is 2. The number of aromatic nitrogens is 3. The van der Waals surface area contributed by atoms with Gasteiger partial charge in [-0.15, -0.1) is 0 Å². The molecule has 0 saturated carbocycles. The minimum Gasteiger partial charge on any atom is -0.473 e. The third-order valence-electron chi connectivity index (χ3n) is 6.68. The van der Waals surface area contributed by atoms with Gasteiger partial charge in [-0.3, -0.25) is 9.52 Å². The molecule has 0 unspecified atom stereocenters. The number of amides is 1. The van der Waals surface area contributed by atoms with Crippen LogP contribution in [0.2, 0.25) is 0 Å². The first kappa shape index (κ1) is 32.4. The molecule has 0 atom stereocenters. The highest BCUT2D eigenvalue weighted by molar-refractivity contribution is 7.92. The number of benzene rings is 2. The smallest absolute Gasteiger partial charge is 0.263 e. The van der Waals surface area contributed by atoms with Crippen molar-refractivity contribution in [2.45, 2.75) is 58.8 Å². The van der Waals surface area contributed by atoms with Gasteiger partial charge in [-0.05, 0) is 47.7 Å². The lowest BCUT2D eigenvalue weighted by Crippen LogP contribution is -2.28. The van der Waals surface area contributed by atoms with Crippen molar-refractivity contribution in [1.82, 2.24) is 15.0 Å². The molecule has 11 heteroatoms. The van der Waals surface area contributed by atoms with Crippen molar-refractivity contribution in [3.8, 4) is 22.9 Å². The summed E-state index contributed by atoms with van der Waals surface area (Å²) in [7, 11) is -3.98. The van der Waals surface area contributed by atoms with Crippen LogP contribution in [0.4, 0.5) is 11.5 Å². The molecular weight excluding hydrogens is 578 g/mol. The zero-order valence-corrected chi connectivity index (χ0v) is 27.0. The van der Waals surface area contributed by atoms with E-state index in [-0.39, 0.29) is 47.0 Å². The number of nitrogens with zero attached hydrogens (tertiary/aromatic N) is 3. The van der Waals surface area contributed by atoms with E-state index < -0.39 is 15.4 Å². The van der Waals surface area contributed by atoms with Gasteiger partial charge < -0.3 is 14.8 Å². The van der Waals surface area contributed by atoms with Crippen molar-refractivity contribution in [1.29, 1.82) is 0 Å². The number of ether oxygens (including phenoxy) is 2. The Labute approximate surface area is 259 Å². The van der Waals surface area contributed by atoms with Gasteiger partial charge in [-0.25, -0.2) is 23.4 Å². The van der Waals surface area contributed by atoms with Gasteiger partial charge in [0.2, 0.25) is 17.7 Å². The standard InChI is InChI=1S/C33H39N5O5S/c1-22-10-12-23(13-11-22)27-28(38-44(40,41)25-16-14-24(15-17-25)32(2,3)4)35-21-36-30(27)43-20-19-42-29-26(9-8-18-34-29)37-31(39)33(5,6)7/h8-18,21H,19-20H2,1-7H3,(H,37,39)(H,35,36,38). The monoisotopic (exact) mass is 617 g/mol. The topological polar surface area (TPSA) is 132 Å². The Morgan fingerprint density at radius 3 is 2.07 bits per heavy atom. The number of rotatable bonds is 10. The van der Waals surface area contributed by atoms with E-state index in [1.54, 1.807) is 30.5 Å². The second kappa shape index (κ2) is 13.0. The zero-order chi connectivity index (χ0) is 32.1. The van der Waals surface area contributed by atoms with Gasteiger partial charge >= 0.3 is 0 Å². The van der Waals surface area contributed by atoms with Gasteiger partial charge in [0.15, 0.2) is 5.82 Å². The van der Waals surface area contributed by atoms with Crippen molar-refractivity contribution in [2.24, 2.45) is 5.41 Å². The Hall–Kier alpha value is -4.51. The summed E-state index contributed by atoms with van der Waals surface area (Å²) in [5.41, 5.74) is 2.85. The Morgan fingerprint density at radius 2 is 1.45 bits per heavy atom. The van der Waals surface area contributed by atoms with Crippen LogP contribution in [0.25, 0.3) is 11.1 Å². The maximum absolute atomic E-state index is 13.4. The maximum Gasteiger partial charge on any atom is 0.263 e. The van der Waals surface area contributed by atoms with Crippen molar-refractivity contribution >= 4 is 27.4 Å². The number of anilines is 2. The molecule has 0 aliphatic heterocycles. The number of aryl methyl sites for hydroxylation is 1. The predicted octanol–water partition coefficient (Wildman–Crippen LogP) is 6.39. The number of carbonyl (C=O) groups is 1. The van der Waals surface area contributed by atoms with Crippen molar-refractivity contribution in [2.75, 3.05) is 23.3 Å². The quantitative estimate of drug-likeness (QED) is 0.196. The van der Waals surface area contributed by atoms with E-state index >= 15 is 0 Å². The normalized spacial score (nSPS) is 12.0. The Bertz CT molecular complexity index is 1710. The van der Waals surface area contributed by atoms with Crippen LogP contribution in [0, 0.1) is 12.3 Å². The fourth-order valence-corrected chi connectivity index (χ4v) is 5.07. The fraction of sp³-hybridized carbons (Fsp3) is 0.333. The number of pyridine rings is 1. The van der Waals surface area contributed by atoms with Gasteiger partial charge in [0, 0.05) is 11.6 Å². The first-order valence-corrected chi connectivity index (χ1v) is 15.7. The average Bonchev–Trinajstić information content (AvgIpc) is 2.96. The minimum absolute atomic E-state index is 0.0551. The summed E-state index contributed by atoms with van der Waals surface area (Å²) in [5.74, 6) is 0.337. The molecule has 0 spiro atoms. The highest BCUT2D eigenvalue weighted by atomic mass is 32.2. The van der Waals surface area contributed by atoms with Crippen LogP contribution in [0.5, 0.6) is 11.8 Å². The lowest BCUT2D eigenvalue weighted by atomic mass is 9.87. The van der Waals surface area contributed by atoms with E-state index in [0.717, 1.165) is 11.1 Å². The molecule has 0 aliphatic carbocycles. The summed E-state index contributed by atoms with van der Waals surface area (Å²) < 4.78 is 41.3. The van der Waals surface area contributed by atoms with Crippen LogP contribution in [0.3, 0.4) is 0 Å². The molecule has 1 amide bonds. The van der Waals surface area contributed by atoms with E-state index in [1.165, 1.54) is 6.33 Å². The minimum atomic E-state index is -3.98. The molecule has 0 fully saturated rings. The van der Waals surface area contributed by atoms with Gasteiger partial charge in [0.25, 0.3) is 10.0 Å². The number of carbonyl (C=O) groups excluding carboxylic acids is 1. The summed E-state index contributed by atoms with van der Waals surface area (Å²) in [4.78, 5) is 25.4. The van der Waals surface area contributed by atoms with Crippen LogP contribution in [0.1, 0.15) is 52.7 Å². The molecule has 2 aromatic heterocycles. The lowest BCUT2D eigenvalue weighted by molar-refractivity contribution is -0.123. The number of sulfonamides is 1. The third kappa shape index (κ3) is 8.10. The number of hydrogen-bond donors (Lipinski definition) is 2. The molecule has 44 heavy (non-hydrogen) atoms. The van der Waals surface area contributed by atoms with E-state index in [1.807, 2.05) is 64.1 Å². The van der Waals surface area contributed by atoms with Crippen LogP contribution >= 0.6 is 0 Å². The van der Waals surface area contributed by atoms with Crippen molar-refractivity contribution in [3.63, 3.8) is 0 Å². The van der Waals surface area contributed by atoms with Gasteiger partial charge in [0.1, 0.15) is 25.2 Å². The molecular formula is C33H39N5O5S. The molecule has 4 aromatic rings. The first-order chi connectivity index (χ1) is 20.6. The van der Waals surface area contributed by atoms with Crippen LogP contribution in [0.15, 0.2) is 78.1 Å². The molecule has 2 N–H and O–H groups in total. The summed E-state index contributed by atoms with van der Waals surface area (Å²) >= 11 is 0. The van der Waals surface area contributed by atoms with E-state index in [2.05, 4.69) is 45.8 Å². The molecule has 2 heterocycles. The lowest BCUT2D eigenvalue weighted by Gasteiger charge is -2.19. The van der Waals surface area contributed by atoms with Crippen LogP contribution < -0.4 is 19.5 Å². The van der Waals surface area contributed by atoms with Gasteiger partial charge in [0.05, 0.1) is 10.5 Å². The van der Waals surface area contributed by atoms with Crippen LogP contribution in [-0.4, -0.2) is 42.5 Å². The van der Waals surface area contributed by atoms with Gasteiger partial charge in [-0.2, -0.15) is 0 Å². The predicted molar refractivity (Wildman–Crippen MR) is 171 cm³/mol. The Morgan fingerprint density at radius 1 is 0.818 bits per heavy atom. The van der Waals surface area contributed by atoms with E-state index in [9.17, 15) is 13.2 Å². The summed E-state index contributed by atoms with van der Waals surface area (Å²) in [5, 5.41) is 2.84. The molecule has 0 radical (unpaired) electrons. The molecule has 0 aliphatic rings. The fourth-order valence-electron chi connectivity index (χ4n) is 4.04. The molecule has 10 nitrogen and oxygen atoms in total. The first-order valence-electron chi connectivity index (χ1n) is 14.2. The van der Waals surface area contributed by atoms with Gasteiger partial charge in [-0.1, -0.05) is 83.5 Å². The molecule has 232 valence electrons. The third-order valence-corrected chi connectivity index (χ3v) is 8.03. The second-order valence-electron chi connectivity index (χ2n) is 12.4. The highest BCUT2D eigenvalue weighted by Gasteiger charge is 2.24. The molecule has 2 aromatic carbocycles. The van der Waals surface area contributed by atoms with Crippen molar-refractivity contribution < 1.29 is 22.7 Å². The Kier molecular flexibility index (Phi) is 9.58. The summed E-state index contributed by atoms with van der Waals surface area (Å²) in [6, 6.07) is 17.7. The largest absolute Gasteiger partial charge is 0.473 e. The Balaban J connectivity index is 1.56. The second-order valence-corrected chi connectivity index (χ2v) is 14.1. The molecule has 4 rings (SSSR count). The maximum atomic E-state index is 13.4. The average molecular weight is 618 g/mol. The zero-order valence-electron chi connectivity index (χ0n) is 26.1.